The first kappa shape index (κ1) is 61.6. The highest BCUT2D eigenvalue weighted by Gasteiger charge is 2.24. The summed E-state index contributed by atoms with van der Waals surface area (Å²) in [5.41, 5.74) is 0. The van der Waals surface area contributed by atoms with Crippen LogP contribution in [0, 0.1) is 0 Å². The Hall–Kier alpha value is -1.40. The van der Waals surface area contributed by atoms with Gasteiger partial charge in [0.05, 0.1) is 25.2 Å². The molecule has 63 heavy (non-hydrogen) atoms. The van der Waals surface area contributed by atoms with Crippen LogP contribution in [0.2, 0.25) is 0 Å². The highest BCUT2D eigenvalue weighted by Crippen LogP contribution is 2.19. The number of ether oxygens (including phenoxy) is 1. The van der Waals surface area contributed by atoms with E-state index in [-0.39, 0.29) is 24.9 Å². The lowest BCUT2D eigenvalue weighted by molar-refractivity contribution is -0.151. The Kier molecular flexibility index (Phi) is 50.4. The van der Waals surface area contributed by atoms with E-state index >= 15 is 0 Å². The van der Waals surface area contributed by atoms with E-state index in [1.54, 1.807) is 0 Å². The van der Waals surface area contributed by atoms with Crippen molar-refractivity contribution in [2.24, 2.45) is 0 Å². The van der Waals surface area contributed by atoms with Gasteiger partial charge in [-0.25, -0.2) is 0 Å². The van der Waals surface area contributed by atoms with Gasteiger partial charge in [-0.15, -0.1) is 0 Å². The van der Waals surface area contributed by atoms with Crippen LogP contribution in [0.5, 0.6) is 0 Å². The molecule has 0 spiro atoms. The molecule has 0 aromatic rings. The quantitative estimate of drug-likeness (QED) is 0.0321. The number of esters is 1. The van der Waals surface area contributed by atoms with Crippen molar-refractivity contribution in [3.63, 3.8) is 0 Å². The average molecular weight is 891 g/mol. The van der Waals surface area contributed by atoms with E-state index in [9.17, 15) is 19.8 Å². The molecule has 0 bridgehead atoms. The molecule has 6 heteroatoms. The molecule has 0 heterocycles. The van der Waals surface area contributed by atoms with E-state index in [1.165, 1.54) is 225 Å². The van der Waals surface area contributed by atoms with Gasteiger partial charge in [0.25, 0.3) is 0 Å². The first-order valence-electron chi connectivity index (χ1n) is 28.4. The number of rotatable bonds is 52. The van der Waals surface area contributed by atoms with Crippen LogP contribution in [-0.4, -0.2) is 46.9 Å². The summed E-state index contributed by atoms with van der Waals surface area (Å²) in [7, 11) is 0. The molecule has 0 aromatic carbocycles. The number of aliphatic hydroxyl groups excluding tert-OH is 2. The Morgan fingerprint density at radius 2 is 0.762 bits per heavy atom. The second kappa shape index (κ2) is 51.6. The zero-order valence-electron chi connectivity index (χ0n) is 42.7. The fourth-order valence-electron chi connectivity index (χ4n) is 9.02. The molecule has 1 amide bonds. The summed E-state index contributed by atoms with van der Waals surface area (Å²) in [4.78, 5) is 26.2. The minimum Gasteiger partial charge on any atom is -0.462 e. The van der Waals surface area contributed by atoms with Crippen LogP contribution in [0.1, 0.15) is 316 Å². The van der Waals surface area contributed by atoms with E-state index in [0.29, 0.717) is 19.3 Å². The molecule has 0 radical (unpaired) electrons. The fraction of sp³-hybridized carbons (Fsp3) is 0.930. The van der Waals surface area contributed by atoms with Crippen molar-refractivity contribution >= 4 is 11.9 Å². The van der Waals surface area contributed by atoms with Gasteiger partial charge in [0.1, 0.15) is 6.10 Å². The molecule has 0 aliphatic rings. The molecule has 0 aliphatic heterocycles. The Bertz CT molecular complexity index is 955. The monoisotopic (exact) mass is 890 g/mol. The van der Waals surface area contributed by atoms with Crippen LogP contribution in [0.4, 0.5) is 0 Å². The molecule has 6 nitrogen and oxygen atoms in total. The number of hydrogen-bond donors (Lipinski definition) is 3. The van der Waals surface area contributed by atoms with Crippen LogP contribution >= 0.6 is 0 Å². The van der Waals surface area contributed by atoms with Crippen molar-refractivity contribution in [3.05, 3.63) is 12.2 Å². The molecule has 0 fully saturated rings. The Morgan fingerprint density at radius 1 is 0.444 bits per heavy atom. The van der Waals surface area contributed by atoms with Gasteiger partial charge in [0.15, 0.2) is 0 Å². The predicted octanol–water partition coefficient (Wildman–Crippen LogP) is 17.3. The summed E-state index contributed by atoms with van der Waals surface area (Å²) in [6.45, 7) is 6.51. The predicted molar refractivity (Wildman–Crippen MR) is 273 cm³/mol. The number of carbonyl (C=O) groups is 2. The van der Waals surface area contributed by atoms with Gasteiger partial charge >= 0.3 is 5.97 Å². The zero-order chi connectivity index (χ0) is 45.9. The topological polar surface area (TPSA) is 95.9 Å². The molecule has 0 aliphatic carbocycles. The van der Waals surface area contributed by atoms with Gasteiger partial charge in [0, 0.05) is 6.42 Å². The molecule has 374 valence electrons. The Labute approximate surface area is 393 Å². The first-order chi connectivity index (χ1) is 31.0. The number of unbranched alkanes of at least 4 members (excludes halogenated alkanes) is 38. The number of allylic oxidation sites excluding steroid dienone is 2. The summed E-state index contributed by atoms with van der Waals surface area (Å²) in [5.74, 6) is -0.456. The molecule has 3 N–H and O–H groups in total. The van der Waals surface area contributed by atoms with Crippen LogP contribution in [0.25, 0.3) is 0 Å². The highest BCUT2D eigenvalue weighted by atomic mass is 16.5. The third-order valence-electron chi connectivity index (χ3n) is 13.3. The van der Waals surface area contributed by atoms with E-state index in [2.05, 4.69) is 38.2 Å². The summed E-state index contributed by atoms with van der Waals surface area (Å²) in [6.07, 6.45) is 58.5. The maximum absolute atomic E-state index is 13.2. The minimum atomic E-state index is -0.782. The van der Waals surface area contributed by atoms with Crippen LogP contribution in [0.15, 0.2) is 12.2 Å². The van der Waals surface area contributed by atoms with Crippen molar-refractivity contribution in [2.45, 2.75) is 334 Å². The van der Waals surface area contributed by atoms with Crippen molar-refractivity contribution in [1.82, 2.24) is 5.32 Å². The maximum atomic E-state index is 13.2. The average Bonchev–Trinajstić information content (AvgIpc) is 3.28. The van der Waals surface area contributed by atoms with E-state index in [4.69, 9.17) is 4.74 Å². The van der Waals surface area contributed by atoms with E-state index in [1.807, 2.05) is 0 Å². The Morgan fingerprint density at radius 3 is 1.13 bits per heavy atom. The SMILES string of the molecule is CCCCCCCC/C=C/CCCCCCCCCCCC(=O)OC(CCCCCCCCCCCC)CC(=O)NC(CO)C(O)CCCCCCCCCCCCCCCCC. The summed E-state index contributed by atoms with van der Waals surface area (Å²) in [5, 5.41) is 23.8. The number of amides is 1. The molecular weight excluding hydrogens is 779 g/mol. The normalized spacial score (nSPS) is 13.2. The second-order valence-electron chi connectivity index (χ2n) is 19.7. The number of nitrogens with one attached hydrogen (secondary N) is 1. The fourth-order valence-corrected chi connectivity index (χ4v) is 9.02. The molecule has 0 aromatic heterocycles. The van der Waals surface area contributed by atoms with Crippen LogP contribution in [-0.2, 0) is 14.3 Å². The minimum absolute atomic E-state index is 0.0842. The molecule has 3 atom stereocenters. The van der Waals surface area contributed by atoms with Gasteiger partial charge in [-0.3, -0.25) is 9.59 Å². The molecule has 3 unspecified atom stereocenters. The lowest BCUT2D eigenvalue weighted by Crippen LogP contribution is -2.46. The lowest BCUT2D eigenvalue weighted by atomic mass is 10.0. The standard InChI is InChI=1S/C57H111NO5/c1-4-7-10-13-16-19-22-24-26-27-28-29-31-33-35-38-41-44-47-50-57(62)63-53(48-45-42-39-36-21-18-15-12-9-6-3)51-56(61)58-54(52-59)55(60)49-46-43-40-37-34-32-30-25-23-20-17-14-11-8-5-2/h24,26,53-55,59-60H,4-23,25,27-52H2,1-3H3,(H,58,61)/b26-24+. The van der Waals surface area contributed by atoms with Crippen molar-refractivity contribution in [3.8, 4) is 0 Å². The smallest absolute Gasteiger partial charge is 0.306 e. The number of hydrogen-bond acceptors (Lipinski definition) is 5. The third kappa shape index (κ3) is 46.9. The third-order valence-corrected chi connectivity index (χ3v) is 13.3. The molecule has 0 saturated heterocycles. The van der Waals surface area contributed by atoms with Gasteiger partial charge in [-0.2, -0.15) is 0 Å². The summed E-state index contributed by atoms with van der Waals surface area (Å²) >= 11 is 0. The van der Waals surface area contributed by atoms with Gasteiger partial charge in [0.2, 0.25) is 5.91 Å². The number of carbonyl (C=O) groups excluding carboxylic acids is 2. The van der Waals surface area contributed by atoms with Crippen LogP contribution < -0.4 is 5.32 Å². The summed E-state index contributed by atoms with van der Waals surface area (Å²) in [6, 6.07) is -0.695. The molecule has 0 saturated carbocycles. The maximum Gasteiger partial charge on any atom is 0.306 e. The summed E-state index contributed by atoms with van der Waals surface area (Å²) < 4.78 is 5.95. The second-order valence-corrected chi connectivity index (χ2v) is 19.7. The van der Waals surface area contributed by atoms with Crippen molar-refractivity contribution in [2.75, 3.05) is 6.61 Å². The molecular formula is C57H111NO5. The number of aliphatic hydroxyl groups is 2. The van der Waals surface area contributed by atoms with E-state index in [0.717, 1.165) is 44.9 Å². The van der Waals surface area contributed by atoms with Gasteiger partial charge in [-0.05, 0) is 51.4 Å². The highest BCUT2D eigenvalue weighted by molar-refractivity contribution is 5.77. The van der Waals surface area contributed by atoms with Gasteiger partial charge in [-0.1, -0.05) is 264 Å². The molecule has 0 rings (SSSR count). The lowest BCUT2D eigenvalue weighted by Gasteiger charge is -2.24. The largest absolute Gasteiger partial charge is 0.462 e. The van der Waals surface area contributed by atoms with Crippen molar-refractivity contribution in [1.29, 1.82) is 0 Å². The van der Waals surface area contributed by atoms with Crippen molar-refractivity contribution < 1.29 is 24.5 Å². The van der Waals surface area contributed by atoms with Crippen LogP contribution in [0.3, 0.4) is 0 Å². The Balaban J connectivity index is 4.39. The first-order valence-corrected chi connectivity index (χ1v) is 28.4. The van der Waals surface area contributed by atoms with Gasteiger partial charge < -0.3 is 20.3 Å². The van der Waals surface area contributed by atoms with E-state index < -0.39 is 18.2 Å². The zero-order valence-corrected chi connectivity index (χ0v) is 42.7.